The van der Waals surface area contributed by atoms with Crippen molar-refractivity contribution in [1.29, 1.82) is 0 Å². The highest BCUT2D eigenvalue weighted by Gasteiger charge is 2.27. The van der Waals surface area contributed by atoms with Crippen molar-refractivity contribution < 1.29 is 14.0 Å². The summed E-state index contributed by atoms with van der Waals surface area (Å²) in [6.45, 7) is 5.69. The van der Waals surface area contributed by atoms with Gasteiger partial charge < -0.3 is 4.90 Å². The molecule has 8 heteroatoms. The molecule has 2 rings (SSSR count). The van der Waals surface area contributed by atoms with E-state index < -0.39 is 17.6 Å². The molecule has 1 heterocycles. The molecule has 1 aromatic heterocycles. The number of hydrogen-bond donors (Lipinski definition) is 1. The van der Waals surface area contributed by atoms with Gasteiger partial charge in [-0.25, -0.2) is 4.39 Å². The minimum atomic E-state index is -0.796. The Hall–Kier alpha value is -2.35. The largest absolute Gasteiger partial charge is 0.327 e. The summed E-state index contributed by atoms with van der Waals surface area (Å²) >= 11 is 1.23. The first-order chi connectivity index (χ1) is 12.0. The average Bonchev–Trinajstić information content (AvgIpc) is 3.07. The fourth-order valence-corrected chi connectivity index (χ4v) is 2.86. The van der Waals surface area contributed by atoms with Gasteiger partial charge in [0.1, 0.15) is 10.8 Å². The maximum absolute atomic E-state index is 13.9. The van der Waals surface area contributed by atoms with Crippen molar-refractivity contribution in [3.8, 4) is 0 Å². The Bertz CT molecular complexity index is 750. The minimum Gasteiger partial charge on any atom is -0.327 e. The third kappa shape index (κ3) is 4.82. The summed E-state index contributed by atoms with van der Waals surface area (Å²) in [5, 5.41) is 11.3. The first-order valence-corrected chi connectivity index (χ1v) is 8.95. The Morgan fingerprint density at radius 3 is 2.60 bits per heavy atom. The average molecular weight is 364 g/mol. The number of aromatic nitrogens is 2. The Balaban J connectivity index is 2.14. The van der Waals surface area contributed by atoms with Crippen molar-refractivity contribution in [2.45, 2.75) is 46.2 Å². The van der Waals surface area contributed by atoms with Gasteiger partial charge in [0, 0.05) is 18.2 Å². The van der Waals surface area contributed by atoms with Gasteiger partial charge in [-0.2, -0.15) is 0 Å². The lowest BCUT2D eigenvalue weighted by atomic mass is 10.1. The van der Waals surface area contributed by atoms with Crippen molar-refractivity contribution in [2.24, 2.45) is 0 Å². The monoisotopic (exact) mass is 364 g/mol. The van der Waals surface area contributed by atoms with Crippen LogP contribution in [0.4, 0.5) is 9.52 Å². The zero-order chi connectivity index (χ0) is 18.4. The molecule has 1 N–H and O–H groups in total. The van der Waals surface area contributed by atoms with Crippen LogP contribution in [0.3, 0.4) is 0 Å². The molecule has 0 spiro atoms. The van der Waals surface area contributed by atoms with Crippen LogP contribution in [0.15, 0.2) is 24.3 Å². The minimum absolute atomic E-state index is 0.0320. The maximum Gasteiger partial charge on any atom is 0.315 e. The number of anilines is 1. The Kier molecular flexibility index (Phi) is 6.58. The molecule has 2 amide bonds. The molecule has 0 aliphatic carbocycles. The normalized spacial score (nSPS) is 11.8. The first-order valence-electron chi connectivity index (χ1n) is 8.13. The molecule has 0 radical (unpaired) electrons. The topological polar surface area (TPSA) is 75.2 Å². The van der Waals surface area contributed by atoms with Gasteiger partial charge >= 0.3 is 11.8 Å². The van der Waals surface area contributed by atoms with Crippen LogP contribution in [-0.4, -0.2) is 33.0 Å². The highest BCUT2D eigenvalue weighted by atomic mass is 32.1. The van der Waals surface area contributed by atoms with E-state index >= 15 is 0 Å². The molecule has 1 unspecified atom stereocenters. The van der Waals surface area contributed by atoms with Gasteiger partial charge in [-0.3, -0.25) is 14.9 Å². The fourth-order valence-electron chi connectivity index (χ4n) is 2.19. The van der Waals surface area contributed by atoms with E-state index in [0.29, 0.717) is 18.4 Å². The van der Waals surface area contributed by atoms with E-state index in [1.165, 1.54) is 22.3 Å². The molecule has 6 nitrogen and oxygen atoms in total. The number of carbonyl (C=O) groups excluding carboxylic acids is 2. The molecular formula is C17H21FN4O2S. The summed E-state index contributed by atoms with van der Waals surface area (Å²) in [5.41, 5.74) is 0.369. The lowest BCUT2D eigenvalue weighted by Gasteiger charge is -2.28. The Labute approximate surface area is 150 Å². The summed E-state index contributed by atoms with van der Waals surface area (Å²) in [4.78, 5) is 26.2. The van der Waals surface area contributed by atoms with Gasteiger partial charge in [-0.05, 0) is 25.8 Å². The number of nitrogens with zero attached hydrogens (tertiary/aromatic N) is 3. The summed E-state index contributed by atoms with van der Waals surface area (Å²) in [5.74, 6) is -1.91. The third-order valence-corrected chi connectivity index (χ3v) is 4.85. The van der Waals surface area contributed by atoms with Crippen LogP contribution in [0.2, 0.25) is 0 Å². The summed E-state index contributed by atoms with van der Waals surface area (Å²) in [7, 11) is 0. The number of benzene rings is 1. The number of halogens is 1. The molecule has 0 aliphatic heterocycles. The lowest BCUT2D eigenvalue weighted by Crippen LogP contribution is -2.44. The van der Waals surface area contributed by atoms with Crippen LogP contribution >= 0.6 is 11.3 Å². The van der Waals surface area contributed by atoms with Crippen molar-refractivity contribution in [1.82, 2.24) is 15.1 Å². The standard InChI is InChI=1S/C17H21FN4O2S/c1-4-11(3)22(10-12-8-6-7-9-13(12)18)16(24)15(23)19-17-21-20-14(5-2)25-17/h6-9,11H,4-5,10H2,1-3H3,(H,19,21,23). The van der Waals surface area contributed by atoms with Crippen molar-refractivity contribution in [3.63, 3.8) is 0 Å². The highest BCUT2D eigenvalue weighted by molar-refractivity contribution is 7.15. The number of amides is 2. The lowest BCUT2D eigenvalue weighted by molar-refractivity contribution is -0.145. The molecule has 0 saturated heterocycles. The second-order valence-electron chi connectivity index (χ2n) is 5.59. The second kappa shape index (κ2) is 8.66. The van der Waals surface area contributed by atoms with Crippen LogP contribution in [-0.2, 0) is 22.6 Å². The van der Waals surface area contributed by atoms with Gasteiger partial charge in [0.25, 0.3) is 0 Å². The van der Waals surface area contributed by atoms with E-state index in [1.54, 1.807) is 18.2 Å². The molecule has 1 aromatic carbocycles. The second-order valence-corrected chi connectivity index (χ2v) is 6.65. The molecule has 25 heavy (non-hydrogen) atoms. The number of nitrogens with one attached hydrogen (secondary N) is 1. The number of aryl methyl sites for hydroxylation is 1. The van der Waals surface area contributed by atoms with Gasteiger partial charge in [0.15, 0.2) is 0 Å². The summed E-state index contributed by atoms with van der Waals surface area (Å²) in [6, 6.07) is 6.02. The number of hydrogen-bond acceptors (Lipinski definition) is 5. The summed E-state index contributed by atoms with van der Waals surface area (Å²) in [6.07, 6.45) is 1.35. The fraction of sp³-hybridized carbons (Fsp3) is 0.412. The summed E-state index contributed by atoms with van der Waals surface area (Å²) < 4.78 is 13.9. The third-order valence-electron chi connectivity index (χ3n) is 3.87. The van der Waals surface area contributed by atoms with E-state index in [4.69, 9.17) is 0 Å². The van der Waals surface area contributed by atoms with E-state index in [0.717, 1.165) is 5.01 Å². The van der Waals surface area contributed by atoms with Crippen LogP contribution in [0.1, 0.15) is 37.8 Å². The SMILES string of the molecule is CCc1nnc(NC(=O)C(=O)N(Cc2ccccc2F)C(C)CC)s1. The molecule has 1 atom stereocenters. The molecular weight excluding hydrogens is 343 g/mol. The zero-order valence-electron chi connectivity index (χ0n) is 14.5. The van der Waals surface area contributed by atoms with Crippen LogP contribution in [0.5, 0.6) is 0 Å². The highest BCUT2D eigenvalue weighted by Crippen LogP contribution is 2.17. The smallest absolute Gasteiger partial charge is 0.315 e. The number of carbonyl (C=O) groups is 2. The molecule has 0 saturated carbocycles. The predicted octanol–water partition coefficient (Wildman–Crippen LogP) is 3.01. The van der Waals surface area contributed by atoms with E-state index in [2.05, 4.69) is 15.5 Å². The van der Waals surface area contributed by atoms with E-state index in [9.17, 15) is 14.0 Å². The molecule has 0 bridgehead atoms. The van der Waals surface area contributed by atoms with Gasteiger partial charge in [-0.1, -0.05) is 43.4 Å². The zero-order valence-corrected chi connectivity index (χ0v) is 15.3. The predicted molar refractivity (Wildman–Crippen MR) is 94.6 cm³/mol. The van der Waals surface area contributed by atoms with Crippen LogP contribution < -0.4 is 5.32 Å². The van der Waals surface area contributed by atoms with Gasteiger partial charge in [-0.15, -0.1) is 10.2 Å². The van der Waals surface area contributed by atoms with Crippen LogP contribution in [0.25, 0.3) is 0 Å². The Morgan fingerprint density at radius 2 is 2.00 bits per heavy atom. The first kappa shape index (κ1) is 19.0. The molecule has 2 aromatic rings. The molecule has 0 fully saturated rings. The molecule has 0 aliphatic rings. The van der Waals surface area contributed by atoms with Crippen LogP contribution in [0, 0.1) is 5.82 Å². The Morgan fingerprint density at radius 1 is 1.28 bits per heavy atom. The van der Waals surface area contributed by atoms with E-state index in [1.807, 2.05) is 20.8 Å². The van der Waals surface area contributed by atoms with Gasteiger partial charge in [0.2, 0.25) is 5.13 Å². The maximum atomic E-state index is 13.9. The van der Waals surface area contributed by atoms with Crippen molar-refractivity contribution in [3.05, 3.63) is 40.7 Å². The molecule has 134 valence electrons. The van der Waals surface area contributed by atoms with E-state index in [-0.39, 0.29) is 17.7 Å². The number of rotatable bonds is 6. The van der Waals surface area contributed by atoms with Crippen molar-refractivity contribution in [2.75, 3.05) is 5.32 Å². The van der Waals surface area contributed by atoms with Gasteiger partial charge in [0.05, 0.1) is 0 Å². The quantitative estimate of drug-likeness (QED) is 0.800. The van der Waals surface area contributed by atoms with Crippen molar-refractivity contribution >= 4 is 28.3 Å².